The van der Waals surface area contributed by atoms with Crippen LogP contribution in [0.1, 0.15) is 18.4 Å². The van der Waals surface area contributed by atoms with Crippen molar-refractivity contribution in [2.75, 3.05) is 13.6 Å². The van der Waals surface area contributed by atoms with Gasteiger partial charge >= 0.3 is 0 Å². The maximum absolute atomic E-state index is 13.5. The Balaban J connectivity index is 0.00000220. The molecule has 0 amide bonds. The van der Waals surface area contributed by atoms with Gasteiger partial charge < -0.3 is 10.6 Å². The van der Waals surface area contributed by atoms with Gasteiger partial charge in [0.05, 0.1) is 0 Å². The van der Waals surface area contributed by atoms with Crippen LogP contribution < -0.4 is 10.6 Å². The van der Waals surface area contributed by atoms with Crippen LogP contribution in [0.15, 0.2) is 35.3 Å². The van der Waals surface area contributed by atoms with Crippen molar-refractivity contribution in [1.29, 1.82) is 0 Å². The van der Waals surface area contributed by atoms with Crippen molar-refractivity contribution in [3.05, 3.63) is 47.5 Å². The molecule has 0 saturated heterocycles. The molecule has 0 spiro atoms. The van der Waals surface area contributed by atoms with Crippen molar-refractivity contribution in [2.45, 2.75) is 25.3 Å². The number of benzene rings is 1. The molecule has 0 aliphatic heterocycles. The third-order valence-corrected chi connectivity index (χ3v) is 3.27. The van der Waals surface area contributed by atoms with Gasteiger partial charge in [0, 0.05) is 19.6 Å². The summed E-state index contributed by atoms with van der Waals surface area (Å²) in [6, 6.07) is 3.88. The van der Waals surface area contributed by atoms with Crippen LogP contribution in [0.4, 0.5) is 8.78 Å². The Labute approximate surface area is 140 Å². The molecular formula is C15H20F2IN3. The van der Waals surface area contributed by atoms with Gasteiger partial charge in [-0.05, 0) is 43.0 Å². The molecule has 1 aliphatic carbocycles. The SMILES string of the molecule is CN=C(NCCc1cc(F)ccc1F)NC1CC=CC1.I. The molecule has 1 aromatic carbocycles. The predicted molar refractivity (Wildman–Crippen MR) is 92.1 cm³/mol. The molecule has 0 fully saturated rings. The highest BCUT2D eigenvalue weighted by molar-refractivity contribution is 14.0. The van der Waals surface area contributed by atoms with Gasteiger partial charge in [0.15, 0.2) is 5.96 Å². The number of hydrogen-bond acceptors (Lipinski definition) is 1. The number of rotatable bonds is 4. The average molecular weight is 407 g/mol. The van der Waals surface area contributed by atoms with E-state index in [0.29, 0.717) is 30.5 Å². The molecule has 0 saturated carbocycles. The molecule has 2 rings (SSSR count). The highest BCUT2D eigenvalue weighted by Gasteiger charge is 2.11. The molecule has 0 heterocycles. The third kappa shape index (κ3) is 5.61. The van der Waals surface area contributed by atoms with E-state index in [1.54, 1.807) is 7.05 Å². The molecule has 21 heavy (non-hydrogen) atoms. The first-order chi connectivity index (χ1) is 9.69. The van der Waals surface area contributed by atoms with Gasteiger partial charge in [0.25, 0.3) is 0 Å². The van der Waals surface area contributed by atoms with Crippen LogP contribution in [0, 0.1) is 11.6 Å². The standard InChI is InChI=1S/C15H19F2N3.HI/c1-18-15(20-13-4-2-3-5-13)19-9-8-11-10-12(16)6-7-14(11)17;/h2-3,6-7,10,13H,4-5,8-9H2,1H3,(H2,18,19,20);1H. The molecule has 1 aliphatic rings. The Bertz CT molecular complexity index is 510. The largest absolute Gasteiger partial charge is 0.356 e. The minimum absolute atomic E-state index is 0. The van der Waals surface area contributed by atoms with Gasteiger partial charge in [-0.15, -0.1) is 24.0 Å². The molecule has 0 bridgehead atoms. The van der Waals surface area contributed by atoms with Crippen LogP contribution in [0.3, 0.4) is 0 Å². The molecule has 0 atom stereocenters. The Morgan fingerprint density at radius 3 is 2.67 bits per heavy atom. The molecule has 116 valence electrons. The number of hydrogen-bond donors (Lipinski definition) is 2. The van der Waals surface area contributed by atoms with Crippen molar-refractivity contribution in [3.63, 3.8) is 0 Å². The molecule has 2 N–H and O–H groups in total. The van der Waals surface area contributed by atoms with Gasteiger partial charge in [-0.3, -0.25) is 4.99 Å². The number of guanidine groups is 1. The summed E-state index contributed by atoms with van der Waals surface area (Å²) in [5.74, 6) is -0.104. The molecule has 0 radical (unpaired) electrons. The van der Waals surface area contributed by atoms with Gasteiger partial charge in [-0.1, -0.05) is 12.2 Å². The van der Waals surface area contributed by atoms with E-state index < -0.39 is 5.82 Å². The normalized spacial score (nSPS) is 14.9. The van der Waals surface area contributed by atoms with Crippen LogP contribution in [0.25, 0.3) is 0 Å². The van der Waals surface area contributed by atoms with Crippen molar-refractivity contribution >= 4 is 29.9 Å². The fraction of sp³-hybridized carbons (Fsp3) is 0.400. The summed E-state index contributed by atoms with van der Waals surface area (Å²) in [6.07, 6.45) is 6.64. The summed E-state index contributed by atoms with van der Waals surface area (Å²) in [5, 5.41) is 6.40. The van der Waals surface area contributed by atoms with E-state index in [9.17, 15) is 8.78 Å². The summed E-state index contributed by atoms with van der Waals surface area (Å²) in [5.41, 5.74) is 0.371. The number of halogens is 3. The lowest BCUT2D eigenvalue weighted by Gasteiger charge is -2.17. The van der Waals surface area contributed by atoms with Crippen molar-refractivity contribution in [2.24, 2.45) is 4.99 Å². The number of nitrogens with one attached hydrogen (secondary N) is 2. The molecular weight excluding hydrogens is 387 g/mol. The van der Waals surface area contributed by atoms with Crippen LogP contribution in [-0.4, -0.2) is 25.6 Å². The lowest BCUT2D eigenvalue weighted by molar-refractivity contribution is 0.581. The highest BCUT2D eigenvalue weighted by Crippen LogP contribution is 2.10. The summed E-state index contributed by atoms with van der Waals surface area (Å²) < 4.78 is 26.5. The summed E-state index contributed by atoms with van der Waals surface area (Å²) in [6.45, 7) is 0.500. The zero-order valence-corrected chi connectivity index (χ0v) is 14.2. The zero-order valence-electron chi connectivity index (χ0n) is 11.9. The summed E-state index contributed by atoms with van der Waals surface area (Å²) in [4.78, 5) is 4.12. The third-order valence-electron chi connectivity index (χ3n) is 3.27. The Kier molecular flexibility index (Phi) is 7.63. The van der Waals surface area contributed by atoms with Crippen LogP contribution >= 0.6 is 24.0 Å². The molecule has 3 nitrogen and oxygen atoms in total. The van der Waals surface area contributed by atoms with Gasteiger partial charge in [0.1, 0.15) is 11.6 Å². The van der Waals surface area contributed by atoms with Crippen molar-refractivity contribution in [1.82, 2.24) is 10.6 Å². The lowest BCUT2D eigenvalue weighted by atomic mass is 10.1. The van der Waals surface area contributed by atoms with E-state index in [1.165, 1.54) is 6.07 Å². The zero-order chi connectivity index (χ0) is 14.4. The van der Waals surface area contributed by atoms with E-state index in [0.717, 1.165) is 25.0 Å². The van der Waals surface area contributed by atoms with Gasteiger partial charge in [0.2, 0.25) is 0 Å². The fourth-order valence-electron chi connectivity index (χ4n) is 2.17. The first-order valence-corrected chi connectivity index (χ1v) is 6.75. The quantitative estimate of drug-likeness (QED) is 0.349. The first kappa shape index (κ1) is 17.9. The molecule has 6 heteroatoms. The fourth-order valence-corrected chi connectivity index (χ4v) is 2.17. The van der Waals surface area contributed by atoms with E-state index in [4.69, 9.17) is 0 Å². The summed E-state index contributed by atoms with van der Waals surface area (Å²) in [7, 11) is 1.69. The Morgan fingerprint density at radius 1 is 1.29 bits per heavy atom. The number of aliphatic imine (C=N–C) groups is 1. The highest BCUT2D eigenvalue weighted by atomic mass is 127. The second-order valence-electron chi connectivity index (χ2n) is 4.77. The first-order valence-electron chi connectivity index (χ1n) is 6.75. The smallest absolute Gasteiger partial charge is 0.191 e. The minimum atomic E-state index is -0.416. The Hall–Kier alpha value is -1.18. The minimum Gasteiger partial charge on any atom is -0.356 e. The molecule has 1 aromatic rings. The second-order valence-corrected chi connectivity index (χ2v) is 4.77. The van der Waals surface area contributed by atoms with E-state index in [2.05, 4.69) is 27.8 Å². The molecule has 0 unspecified atom stereocenters. The molecule has 0 aromatic heterocycles. The predicted octanol–water partition coefficient (Wildman–Crippen LogP) is 3.01. The average Bonchev–Trinajstić information content (AvgIpc) is 2.94. The van der Waals surface area contributed by atoms with Gasteiger partial charge in [-0.25, -0.2) is 8.78 Å². The lowest BCUT2D eigenvalue weighted by Crippen LogP contribution is -2.43. The second kappa shape index (κ2) is 8.96. The monoisotopic (exact) mass is 407 g/mol. The van der Waals surface area contributed by atoms with E-state index >= 15 is 0 Å². The number of nitrogens with zero attached hydrogens (tertiary/aromatic N) is 1. The topological polar surface area (TPSA) is 36.4 Å². The van der Waals surface area contributed by atoms with Crippen LogP contribution in [0.5, 0.6) is 0 Å². The Morgan fingerprint density at radius 2 is 2.00 bits per heavy atom. The van der Waals surface area contributed by atoms with E-state index in [-0.39, 0.29) is 29.8 Å². The summed E-state index contributed by atoms with van der Waals surface area (Å²) >= 11 is 0. The van der Waals surface area contributed by atoms with Crippen molar-refractivity contribution in [3.8, 4) is 0 Å². The maximum atomic E-state index is 13.5. The maximum Gasteiger partial charge on any atom is 0.191 e. The van der Waals surface area contributed by atoms with Gasteiger partial charge in [-0.2, -0.15) is 0 Å². The van der Waals surface area contributed by atoms with Crippen LogP contribution in [-0.2, 0) is 6.42 Å². The van der Waals surface area contributed by atoms with Crippen molar-refractivity contribution < 1.29 is 8.78 Å². The van der Waals surface area contributed by atoms with E-state index in [1.807, 2.05) is 0 Å². The van der Waals surface area contributed by atoms with Crippen LogP contribution in [0.2, 0.25) is 0 Å².